The zero-order valence-electron chi connectivity index (χ0n) is 11.5. The lowest BCUT2D eigenvalue weighted by Crippen LogP contribution is -2.42. The molecule has 4 nitrogen and oxygen atoms in total. The average Bonchev–Trinajstić information content (AvgIpc) is 2.43. The molecule has 0 radical (unpaired) electrons. The van der Waals surface area contributed by atoms with Crippen molar-refractivity contribution in [1.82, 2.24) is 9.88 Å². The number of carbonyl (C=O) groups is 1. The van der Waals surface area contributed by atoms with E-state index in [1.54, 1.807) is 17.2 Å². The van der Waals surface area contributed by atoms with Crippen LogP contribution in [-0.4, -0.2) is 33.4 Å². The molecule has 1 amide bonds. The summed E-state index contributed by atoms with van der Waals surface area (Å²) in [5.74, 6) is -0.0708. The highest BCUT2D eigenvalue weighted by Crippen LogP contribution is 2.16. The lowest BCUT2D eigenvalue weighted by atomic mass is 10.1. The molecule has 2 aromatic rings. The Morgan fingerprint density at radius 2 is 2.15 bits per heavy atom. The first-order valence-electron chi connectivity index (χ1n) is 6.43. The number of aromatic nitrogens is 1. The molecule has 0 aliphatic heterocycles. The van der Waals surface area contributed by atoms with Crippen molar-refractivity contribution in [3.63, 3.8) is 0 Å². The van der Waals surface area contributed by atoms with E-state index >= 15 is 0 Å². The number of hydrogen-bond donors (Lipinski definition) is 1. The van der Waals surface area contributed by atoms with Crippen molar-refractivity contribution in [2.75, 3.05) is 6.54 Å². The molecule has 1 aromatic carbocycles. The van der Waals surface area contributed by atoms with Gasteiger partial charge >= 0.3 is 0 Å². The van der Waals surface area contributed by atoms with Crippen LogP contribution in [0.25, 0.3) is 10.9 Å². The summed E-state index contributed by atoms with van der Waals surface area (Å²) in [6.07, 6.45) is 1.73. The van der Waals surface area contributed by atoms with Crippen molar-refractivity contribution < 1.29 is 4.79 Å². The molecule has 0 spiro atoms. The van der Waals surface area contributed by atoms with Crippen molar-refractivity contribution >= 4 is 34.0 Å². The number of carbonyl (C=O) groups excluding carboxylic acids is 1. The molecule has 5 heteroatoms. The Morgan fingerprint density at radius 3 is 2.80 bits per heavy atom. The Kier molecular flexibility index (Phi) is 4.29. The summed E-state index contributed by atoms with van der Waals surface area (Å²) in [5, 5.41) is 0.942. The van der Waals surface area contributed by atoms with E-state index in [0.717, 1.165) is 10.9 Å². The molecule has 0 saturated carbocycles. The minimum atomic E-state index is -0.0708. The fourth-order valence-electron chi connectivity index (χ4n) is 2.03. The topological polar surface area (TPSA) is 59.2 Å². The first-order valence-corrected chi connectivity index (χ1v) is 6.84. The number of thiocarbonyl (C=S) groups is 1. The highest BCUT2D eigenvalue weighted by Gasteiger charge is 2.19. The van der Waals surface area contributed by atoms with E-state index in [-0.39, 0.29) is 18.5 Å². The number of fused-ring (bicyclic) bond motifs is 1. The summed E-state index contributed by atoms with van der Waals surface area (Å²) in [5.41, 5.74) is 7.06. The predicted octanol–water partition coefficient (Wildman–Crippen LogP) is 2.37. The van der Waals surface area contributed by atoms with E-state index in [4.69, 9.17) is 18.0 Å². The number of hydrogen-bond acceptors (Lipinski definition) is 3. The smallest absolute Gasteiger partial charge is 0.254 e. The van der Waals surface area contributed by atoms with Gasteiger partial charge in [-0.05, 0) is 38.1 Å². The van der Waals surface area contributed by atoms with Crippen LogP contribution < -0.4 is 5.73 Å². The van der Waals surface area contributed by atoms with Gasteiger partial charge in [0, 0.05) is 23.2 Å². The minimum Gasteiger partial charge on any atom is -0.392 e. The molecule has 0 saturated heterocycles. The Hall–Kier alpha value is -2.01. The quantitative estimate of drug-likeness (QED) is 0.877. The van der Waals surface area contributed by atoms with Crippen LogP contribution in [-0.2, 0) is 0 Å². The van der Waals surface area contributed by atoms with Gasteiger partial charge in [0.1, 0.15) is 0 Å². The van der Waals surface area contributed by atoms with Crippen LogP contribution >= 0.6 is 12.2 Å². The van der Waals surface area contributed by atoms with E-state index in [9.17, 15) is 4.79 Å². The molecule has 0 bridgehead atoms. The Labute approximate surface area is 123 Å². The Morgan fingerprint density at radius 1 is 1.40 bits per heavy atom. The van der Waals surface area contributed by atoms with Gasteiger partial charge in [0.15, 0.2) is 0 Å². The highest BCUT2D eigenvalue weighted by molar-refractivity contribution is 7.80. The van der Waals surface area contributed by atoms with Crippen LogP contribution in [0.1, 0.15) is 24.2 Å². The second-order valence-electron chi connectivity index (χ2n) is 4.90. The molecular formula is C15H17N3OS. The number of benzene rings is 1. The van der Waals surface area contributed by atoms with Gasteiger partial charge in [-0.25, -0.2) is 0 Å². The highest BCUT2D eigenvalue weighted by atomic mass is 32.1. The van der Waals surface area contributed by atoms with Crippen LogP contribution in [0.5, 0.6) is 0 Å². The van der Waals surface area contributed by atoms with Crippen molar-refractivity contribution in [2.45, 2.75) is 19.9 Å². The zero-order valence-corrected chi connectivity index (χ0v) is 12.4. The first-order chi connectivity index (χ1) is 9.49. The van der Waals surface area contributed by atoms with Gasteiger partial charge in [0.25, 0.3) is 5.91 Å². The number of nitrogens with zero attached hydrogens (tertiary/aromatic N) is 2. The fourth-order valence-corrected chi connectivity index (χ4v) is 2.17. The minimum absolute atomic E-state index is 0.0357. The van der Waals surface area contributed by atoms with E-state index in [1.165, 1.54) is 0 Å². The predicted molar refractivity (Wildman–Crippen MR) is 84.7 cm³/mol. The fraction of sp³-hybridized carbons (Fsp3) is 0.267. The van der Waals surface area contributed by atoms with Crippen LogP contribution in [0.2, 0.25) is 0 Å². The molecule has 1 heterocycles. The van der Waals surface area contributed by atoms with Crippen molar-refractivity contribution in [1.29, 1.82) is 0 Å². The van der Waals surface area contributed by atoms with Crippen LogP contribution in [0.3, 0.4) is 0 Å². The molecule has 0 aliphatic rings. The van der Waals surface area contributed by atoms with Gasteiger partial charge < -0.3 is 10.6 Å². The third kappa shape index (κ3) is 3.11. The molecular weight excluding hydrogens is 270 g/mol. The summed E-state index contributed by atoms with van der Waals surface area (Å²) in [6, 6.07) is 9.31. The maximum absolute atomic E-state index is 12.6. The largest absolute Gasteiger partial charge is 0.392 e. The lowest BCUT2D eigenvalue weighted by molar-refractivity contribution is 0.0736. The second kappa shape index (κ2) is 5.96. The molecule has 0 atom stereocenters. The number of pyridine rings is 1. The zero-order chi connectivity index (χ0) is 14.7. The van der Waals surface area contributed by atoms with Crippen molar-refractivity contribution in [2.24, 2.45) is 5.73 Å². The third-order valence-corrected chi connectivity index (χ3v) is 3.19. The number of nitrogens with two attached hydrogens (primary N) is 1. The van der Waals surface area contributed by atoms with Crippen molar-refractivity contribution in [3.8, 4) is 0 Å². The van der Waals surface area contributed by atoms with E-state index < -0.39 is 0 Å². The van der Waals surface area contributed by atoms with Gasteiger partial charge in [-0.3, -0.25) is 9.78 Å². The molecule has 2 rings (SSSR count). The van der Waals surface area contributed by atoms with Crippen LogP contribution in [0.15, 0.2) is 36.5 Å². The molecule has 0 unspecified atom stereocenters. The SMILES string of the molecule is CC(C)N(CC(N)=S)C(=O)c1ccc2ncccc2c1. The summed E-state index contributed by atoms with van der Waals surface area (Å²) in [4.78, 5) is 18.8. The number of amides is 1. The summed E-state index contributed by atoms with van der Waals surface area (Å²) >= 11 is 4.91. The van der Waals surface area contributed by atoms with Gasteiger partial charge in [-0.2, -0.15) is 0 Å². The number of rotatable bonds is 4. The van der Waals surface area contributed by atoms with Crippen molar-refractivity contribution in [3.05, 3.63) is 42.1 Å². The van der Waals surface area contributed by atoms with Gasteiger partial charge in [0.2, 0.25) is 0 Å². The molecule has 1 aromatic heterocycles. The third-order valence-electron chi connectivity index (χ3n) is 3.06. The lowest BCUT2D eigenvalue weighted by Gasteiger charge is -2.26. The van der Waals surface area contributed by atoms with E-state index in [2.05, 4.69) is 4.98 Å². The maximum atomic E-state index is 12.6. The Bertz CT molecular complexity index is 654. The standard InChI is InChI=1S/C15H17N3OS/c1-10(2)18(9-14(16)20)15(19)12-5-6-13-11(8-12)4-3-7-17-13/h3-8,10H,9H2,1-2H3,(H2,16,20). The van der Waals surface area contributed by atoms with Gasteiger partial charge in [-0.1, -0.05) is 18.3 Å². The molecule has 20 heavy (non-hydrogen) atoms. The van der Waals surface area contributed by atoms with Gasteiger partial charge in [0.05, 0.1) is 17.0 Å². The molecule has 104 valence electrons. The molecule has 0 fully saturated rings. The van der Waals surface area contributed by atoms with Gasteiger partial charge in [-0.15, -0.1) is 0 Å². The van der Waals surface area contributed by atoms with Crippen LogP contribution in [0.4, 0.5) is 0 Å². The molecule has 2 N–H and O–H groups in total. The summed E-state index contributed by atoms with van der Waals surface area (Å²) < 4.78 is 0. The molecule has 0 aliphatic carbocycles. The van der Waals surface area contributed by atoms with Crippen LogP contribution in [0, 0.1) is 0 Å². The average molecular weight is 287 g/mol. The van der Waals surface area contributed by atoms with E-state index in [1.807, 2.05) is 38.1 Å². The summed E-state index contributed by atoms with van der Waals surface area (Å²) in [6.45, 7) is 4.18. The normalized spacial score (nSPS) is 10.8. The van der Waals surface area contributed by atoms with E-state index in [0.29, 0.717) is 10.6 Å². The second-order valence-corrected chi connectivity index (χ2v) is 5.43. The monoisotopic (exact) mass is 287 g/mol. The Balaban J connectivity index is 2.35. The maximum Gasteiger partial charge on any atom is 0.254 e. The first kappa shape index (κ1) is 14.4. The summed E-state index contributed by atoms with van der Waals surface area (Å²) in [7, 11) is 0.